The number of alkyl halides is 3. The number of aliphatic hydroxyl groups excluding tert-OH is 1. The Bertz CT molecular complexity index is 1110. The molecule has 1 atom stereocenters. The first-order valence-electron chi connectivity index (χ1n) is 9.70. The minimum absolute atomic E-state index is 0.0137. The highest BCUT2D eigenvalue weighted by Crippen LogP contribution is 2.31. The van der Waals surface area contributed by atoms with Crippen molar-refractivity contribution in [1.29, 1.82) is 0 Å². The third-order valence-electron chi connectivity index (χ3n) is 4.88. The number of hydrogen-bond acceptors (Lipinski definition) is 4. The van der Waals surface area contributed by atoms with Gasteiger partial charge in [-0.15, -0.1) is 0 Å². The maximum absolute atomic E-state index is 13.2. The van der Waals surface area contributed by atoms with Gasteiger partial charge in [0.05, 0.1) is 17.7 Å². The Morgan fingerprint density at radius 3 is 2.42 bits per heavy atom. The molecule has 0 saturated carbocycles. The fraction of sp³-hybridized carbons (Fsp3) is 0.217. The second-order valence-electron chi connectivity index (χ2n) is 7.05. The van der Waals surface area contributed by atoms with Gasteiger partial charge in [0, 0.05) is 36.6 Å². The van der Waals surface area contributed by atoms with Gasteiger partial charge >= 0.3 is 6.18 Å². The summed E-state index contributed by atoms with van der Waals surface area (Å²) in [5.74, 6) is -0.958. The van der Waals surface area contributed by atoms with Crippen molar-refractivity contribution < 1.29 is 32.2 Å². The smallest absolute Gasteiger partial charge is 0.417 e. The lowest BCUT2D eigenvalue weighted by atomic mass is 10.1. The van der Waals surface area contributed by atoms with Crippen LogP contribution in [-0.2, 0) is 17.4 Å². The van der Waals surface area contributed by atoms with Gasteiger partial charge in [-0.2, -0.15) is 13.2 Å². The summed E-state index contributed by atoms with van der Waals surface area (Å²) in [6.45, 7) is -0.0137. The number of halogens is 5. The summed E-state index contributed by atoms with van der Waals surface area (Å²) in [5.41, 5.74) is -0.0411. The van der Waals surface area contributed by atoms with Gasteiger partial charge in [-0.3, -0.25) is 9.78 Å². The lowest BCUT2D eigenvalue weighted by Gasteiger charge is -2.26. The van der Waals surface area contributed by atoms with E-state index in [-0.39, 0.29) is 24.3 Å². The van der Waals surface area contributed by atoms with Crippen molar-refractivity contribution in [2.75, 3.05) is 18.6 Å². The molecule has 5 nitrogen and oxygen atoms in total. The molecule has 0 saturated heterocycles. The molecule has 3 aromatic rings. The molecule has 2 aromatic carbocycles. The number of ether oxygens (including phenoxy) is 1. The molecule has 1 heterocycles. The number of benzene rings is 2. The Balaban J connectivity index is 1.88. The first-order chi connectivity index (χ1) is 15.6. The van der Waals surface area contributed by atoms with Crippen LogP contribution in [0, 0.1) is 5.82 Å². The Kier molecular flexibility index (Phi) is 7.55. The van der Waals surface area contributed by atoms with Gasteiger partial charge in [-0.05, 0) is 42.0 Å². The third-order valence-corrected chi connectivity index (χ3v) is 5.19. The fourth-order valence-corrected chi connectivity index (χ4v) is 3.28. The van der Waals surface area contributed by atoms with Crippen molar-refractivity contribution in [1.82, 2.24) is 4.98 Å². The zero-order valence-electron chi connectivity index (χ0n) is 17.3. The third kappa shape index (κ3) is 6.00. The van der Waals surface area contributed by atoms with Gasteiger partial charge < -0.3 is 14.7 Å². The highest BCUT2D eigenvalue weighted by atomic mass is 35.5. The van der Waals surface area contributed by atoms with E-state index in [2.05, 4.69) is 4.98 Å². The molecule has 0 fully saturated rings. The number of aromatic nitrogens is 1. The van der Waals surface area contributed by atoms with Crippen LogP contribution in [0.15, 0.2) is 60.8 Å². The van der Waals surface area contributed by atoms with Crippen LogP contribution < -0.4 is 9.64 Å². The summed E-state index contributed by atoms with van der Waals surface area (Å²) in [5, 5.41) is 10.9. The summed E-state index contributed by atoms with van der Waals surface area (Å²) < 4.78 is 56.7. The first kappa shape index (κ1) is 24.5. The predicted molar refractivity (Wildman–Crippen MR) is 115 cm³/mol. The monoisotopic (exact) mass is 482 g/mol. The second kappa shape index (κ2) is 10.2. The summed E-state index contributed by atoms with van der Waals surface area (Å²) >= 11 is 6.06. The van der Waals surface area contributed by atoms with E-state index < -0.39 is 29.6 Å². The number of pyridine rings is 1. The fourth-order valence-electron chi connectivity index (χ4n) is 3.08. The number of carbonyl (C=O) groups is 1. The molecule has 10 heteroatoms. The average Bonchev–Trinajstić information content (AvgIpc) is 2.79. The van der Waals surface area contributed by atoms with E-state index in [0.29, 0.717) is 16.4 Å². The Labute approximate surface area is 192 Å². The van der Waals surface area contributed by atoms with Crippen LogP contribution in [-0.4, -0.2) is 29.7 Å². The quantitative estimate of drug-likeness (QED) is 0.470. The van der Waals surface area contributed by atoms with E-state index in [1.54, 1.807) is 6.07 Å². The summed E-state index contributed by atoms with van der Waals surface area (Å²) in [4.78, 5) is 18.2. The highest BCUT2D eigenvalue weighted by molar-refractivity contribution is 6.32. The molecule has 0 unspecified atom stereocenters. The number of carbonyl (C=O) groups excluding carboxylic acids is 1. The number of aliphatic hydroxyl groups is 1. The number of amides is 1. The lowest BCUT2D eigenvalue weighted by Crippen LogP contribution is -2.37. The SMILES string of the molecule is COc1cc(N(CCc2ccc(C(F)(F)F)cn2)C(=O)[C@H](O)c2ccc(F)cc2)ccc1Cl. The van der Waals surface area contributed by atoms with E-state index >= 15 is 0 Å². The minimum atomic E-state index is -4.51. The van der Waals surface area contributed by atoms with Crippen molar-refractivity contribution >= 4 is 23.2 Å². The van der Waals surface area contributed by atoms with Gasteiger partial charge in [0.1, 0.15) is 11.6 Å². The second-order valence-corrected chi connectivity index (χ2v) is 7.46. The molecule has 1 aromatic heterocycles. The number of anilines is 1. The predicted octanol–water partition coefficient (Wildman–Crippen LogP) is 5.21. The average molecular weight is 483 g/mol. The van der Waals surface area contributed by atoms with Crippen LogP contribution in [0.25, 0.3) is 0 Å². The van der Waals surface area contributed by atoms with E-state index in [4.69, 9.17) is 16.3 Å². The van der Waals surface area contributed by atoms with E-state index in [1.807, 2.05) is 0 Å². The van der Waals surface area contributed by atoms with Gasteiger partial charge in [-0.1, -0.05) is 23.7 Å². The number of hydrogen-bond donors (Lipinski definition) is 1. The molecule has 0 aliphatic heterocycles. The van der Waals surface area contributed by atoms with Crippen LogP contribution in [0.3, 0.4) is 0 Å². The highest BCUT2D eigenvalue weighted by Gasteiger charge is 2.31. The van der Waals surface area contributed by atoms with Gasteiger partial charge in [0.25, 0.3) is 5.91 Å². The van der Waals surface area contributed by atoms with Gasteiger partial charge in [0.15, 0.2) is 6.10 Å². The van der Waals surface area contributed by atoms with Crippen molar-refractivity contribution in [2.24, 2.45) is 0 Å². The lowest BCUT2D eigenvalue weighted by molar-refractivity contribution is -0.137. The summed E-state index contributed by atoms with van der Waals surface area (Å²) in [6.07, 6.45) is -5.29. The Morgan fingerprint density at radius 1 is 1.15 bits per heavy atom. The molecule has 33 heavy (non-hydrogen) atoms. The number of rotatable bonds is 7. The zero-order chi connectivity index (χ0) is 24.2. The number of methoxy groups -OCH3 is 1. The number of nitrogens with zero attached hydrogens (tertiary/aromatic N) is 2. The summed E-state index contributed by atoms with van der Waals surface area (Å²) in [6, 6.07) is 11.5. The molecule has 1 N–H and O–H groups in total. The van der Waals surface area contributed by atoms with Crippen molar-refractivity contribution in [3.8, 4) is 5.75 Å². The largest absolute Gasteiger partial charge is 0.495 e. The molecule has 0 aliphatic carbocycles. The maximum atomic E-state index is 13.2. The van der Waals surface area contributed by atoms with Crippen LogP contribution in [0.5, 0.6) is 5.75 Å². The first-order valence-corrected chi connectivity index (χ1v) is 10.1. The molecular weight excluding hydrogens is 464 g/mol. The topological polar surface area (TPSA) is 62.7 Å². The van der Waals surface area contributed by atoms with Crippen LogP contribution >= 0.6 is 11.6 Å². The van der Waals surface area contributed by atoms with Gasteiger partial charge in [-0.25, -0.2) is 4.39 Å². The van der Waals surface area contributed by atoms with Crippen LogP contribution in [0.4, 0.5) is 23.2 Å². The van der Waals surface area contributed by atoms with Crippen LogP contribution in [0.1, 0.15) is 22.9 Å². The molecule has 3 rings (SSSR count). The molecule has 1 amide bonds. The Morgan fingerprint density at radius 2 is 1.85 bits per heavy atom. The van der Waals surface area contributed by atoms with E-state index in [9.17, 15) is 27.5 Å². The maximum Gasteiger partial charge on any atom is 0.417 e. The van der Waals surface area contributed by atoms with Gasteiger partial charge in [0.2, 0.25) is 0 Å². The molecule has 0 spiro atoms. The van der Waals surface area contributed by atoms with E-state index in [1.165, 1.54) is 42.3 Å². The summed E-state index contributed by atoms with van der Waals surface area (Å²) in [7, 11) is 1.40. The van der Waals surface area contributed by atoms with E-state index in [0.717, 1.165) is 24.4 Å². The van der Waals surface area contributed by atoms with Crippen molar-refractivity contribution in [3.63, 3.8) is 0 Å². The Hall–Kier alpha value is -3.17. The standard InChI is InChI=1S/C23H19ClF4N2O3/c1-33-20-12-18(8-9-19(20)24)30(22(32)21(31)14-2-5-16(25)6-3-14)11-10-17-7-4-15(13-29-17)23(26,27)28/h2-9,12-13,21,31H,10-11H2,1H3/t21-/m1/s1. The molecular formula is C23H19ClF4N2O3. The van der Waals surface area contributed by atoms with Crippen molar-refractivity contribution in [2.45, 2.75) is 18.7 Å². The minimum Gasteiger partial charge on any atom is -0.495 e. The molecule has 174 valence electrons. The van der Waals surface area contributed by atoms with Crippen molar-refractivity contribution in [3.05, 3.63) is 88.5 Å². The normalized spacial score (nSPS) is 12.3. The molecule has 0 aliphatic rings. The molecule has 0 radical (unpaired) electrons. The molecule has 0 bridgehead atoms. The van der Waals surface area contributed by atoms with Crippen LogP contribution in [0.2, 0.25) is 5.02 Å². The zero-order valence-corrected chi connectivity index (χ0v) is 18.1.